The zero-order valence-corrected chi connectivity index (χ0v) is 10.4. The van der Waals surface area contributed by atoms with E-state index >= 15 is 0 Å². The Morgan fingerprint density at radius 1 is 1.22 bits per heavy atom. The van der Waals surface area contributed by atoms with Gasteiger partial charge in [-0.15, -0.1) is 0 Å². The van der Waals surface area contributed by atoms with Gasteiger partial charge in [-0.2, -0.15) is 0 Å². The Hall–Kier alpha value is -1.97. The number of amides is 1. The number of benzene rings is 1. The van der Waals surface area contributed by atoms with E-state index in [0.717, 1.165) is 5.56 Å². The number of likely N-dealkylation sites (tertiary alicyclic amines) is 1. The molecule has 0 saturated carbocycles. The van der Waals surface area contributed by atoms with Crippen molar-refractivity contribution >= 4 is 17.5 Å². The molecule has 1 aromatic rings. The van der Waals surface area contributed by atoms with Gasteiger partial charge in [-0.25, -0.2) is 0 Å². The summed E-state index contributed by atoms with van der Waals surface area (Å²) in [6.07, 6.45) is -0.177. The monoisotopic (exact) mass is 245 g/mol. The maximum atomic E-state index is 11.9. The number of ketones is 2. The zero-order valence-electron chi connectivity index (χ0n) is 10.4. The van der Waals surface area contributed by atoms with Gasteiger partial charge in [0.2, 0.25) is 5.91 Å². The lowest BCUT2D eigenvalue weighted by Crippen LogP contribution is -2.47. The smallest absolute Gasteiger partial charge is 0.230 e. The lowest BCUT2D eigenvalue weighted by molar-refractivity contribution is -0.148. The number of hydrogen-bond donors (Lipinski definition) is 0. The van der Waals surface area contributed by atoms with Crippen molar-refractivity contribution in [1.29, 1.82) is 0 Å². The lowest BCUT2D eigenvalue weighted by Gasteiger charge is -2.37. The van der Waals surface area contributed by atoms with E-state index in [1.54, 1.807) is 7.05 Å². The van der Waals surface area contributed by atoms with E-state index in [1.807, 2.05) is 30.3 Å². The molecule has 1 amide bonds. The van der Waals surface area contributed by atoms with Crippen molar-refractivity contribution < 1.29 is 14.4 Å². The number of piperidine rings is 1. The molecular formula is C14H15NO3. The summed E-state index contributed by atoms with van der Waals surface area (Å²) in [4.78, 5) is 36.8. The molecule has 94 valence electrons. The van der Waals surface area contributed by atoms with Gasteiger partial charge in [-0.1, -0.05) is 30.3 Å². The normalized spacial score (nSPS) is 24.2. The maximum Gasteiger partial charge on any atom is 0.230 e. The van der Waals surface area contributed by atoms with Crippen LogP contribution in [0.3, 0.4) is 0 Å². The van der Waals surface area contributed by atoms with Gasteiger partial charge < -0.3 is 4.90 Å². The summed E-state index contributed by atoms with van der Waals surface area (Å²) in [5.41, 5.74) is 0.821. The second-order valence-electron chi connectivity index (χ2n) is 4.59. The topological polar surface area (TPSA) is 54.5 Å². The van der Waals surface area contributed by atoms with Gasteiger partial charge in [-0.05, 0) is 12.5 Å². The Morgan fingerprint density at radius 2 is 1.83 bits per heavy atom. The van der Waals surface area contributed by atoms with Crippen LogP contribution in [0.25, 0.3) is 0 Å². The first-order valence-corrected chi connectivity index (χ1v) is 5.86. The van der Waals surface area contributed by atoms with Crippen LogP contribution in [0.15, 0.2) is 30.3 Å². The van der Waals surface area contributed by atoms with Crippen molar-refractivity contribution in [3.63, 3.8) is 0 Å². The first-order chi connectivity index (χ1) is 8.52. The van der Waals surface area contributed by atoms with Crippen molar-refractivity contribution in [2.75, 3.05) is 7.05 Å². The third-order valence-electron chi connectivity index (χ3n) is 3.38. The molecule has 4 heteroatoms. The quantitative estimate of drug-likeness (QED) is 0.739. The molecule has 4 nitrogen and oxygen atoms in total. The van der Waals surface area contributed by atoms with Crippen LogP contribution in [0.4, 0.5) is 0 Å². The van der Waals surface area contributed by atoms with Crippen molar-refractivity contribution in [2.24, 2.45) is 5.92 Å². The van der Waals surface area contributed by atoms with Crippen molar-refractivity contribution in [1.82, 2.24) is 4.90 Å². The van der Waals surface area contributed by atoms with E-state index in [1.165, 1.54) is 11.8 Å². The van der Waals surface area contributed by atoms with E-state index in [9.17, 15) is 14.4 Å². The molecule has 2 atom stereocenters. The van der Waals surface area contributed by atoms with Gasteiger partial charge in [0.1, 0.15) is 11.7 Å². The molecule has 1 saturated heterocycles. The molecule has 1 aromatic carbocycles. The van der Waals surface area contributed by atoms with E-state index < -0.39 is 12.0 Å². The fraction of sp³-hybridized carbons (Fsp3) is 0.357. The molecule has 1 heterocycles. The van der Waals surface area contributed by atoms with Crippen LogP contribution in [0.2, 0.25) is 0 Å². The number of Topliss-reactive ketones (excluding diaryl/α,β-unsaturated/α-hetero) is 2. The van der Waals surface area contributed by atoms with Gasteiger partial charge in [0, 0.05) is 7.05 Å². The van der Waals surface area contributed by atoms with Crippen LogP contribution in [0.1, 0.15) is 24.9 Å². The molecule has 1 aliphatic rings. The number of carbonyl (C=O) groups excluding carboxylic acids is 3. The standard InChI is InChI=1S/C14H15NO3/c1-9(16)13-11(17)8-12(18)15(2)14(13)10-6-4-3-5-7-10/h3-7,13-14H,8H2,1-2H3. The summed E-state index contributed by atoms with van der Waals surface area (Å²) >= 11 is 0. The minimum absolute atomic E-state index is 0.177. The van der Waals surface area contributed by atoms with Gasteiger partial charge in [0.25, 0.3) is 0 Å². The SMILES string of the molecule is CC(=O)C1C(=O)CC(=O)N(C)C1c1ccccc1. The molecule has 1 fully saturated rings. The molecule has 0 spiro atoms. The molecule has 0 N–H and O–H groups in total. The minimum Gasteiger partial charge on any atom is -0.337 e. The van der Waals surface area contributed by atoms with E-state index in [-0.39, 0.29) is 23.9 Å². The second kappa shape index (κ2) is 4.72. The third kappa shape index (κ3) is 2.06. The average Bonchev–Trinajstić information content (AvgIpc) is 2.34. The third-order valence-corrected chi connectivity index (χ3v) is 3.38. The molecular weight excluding hydrogens is 230 g/mol. The van der Waals surface area contributed by atoms with Gasteiger partial charge in [0.15, 0.2) is 5.78 Å². The Bertz CT molecular complexity index is 495. The van der Waals surface area contributed by atoms with Gasteiger partial charge in [-0.3, -0.25) is 14.4 Å². The van der Waals surface area contributed by atoms with Crippen LogP contribution < -0.4 is 0 Å². The van der Waals surface area contributed by atoms with E-state index in [2.05, 4.69) is 0 Å². The van der Waals surface area contributed by atoms with Gasteiger partial charge >= 0.3 is 0 Å². The summed E-state index contributed by atoms with van der Waals surface area (Å²) < 4.78 is 0. The Morgan fingerprint density at radius 3 is 2.39 bits per heavy atom. The Labute approximate surface area is 106 Å². The molecule has 1 aliphatic heterocycles. The summed E-state index contributed by atoms with van der Waals surface area (Å²) in [6, 6.07) is 8.73. The first kappa shape index (κ1) is 12.5. The molecule has 0 aliphatic carbocycles. The van der Waals surface area contributed by atoms with Crippen LogP contribution in [0, 0.1) is 5.92 Å². The molecule has 2 unspecified atom stereocenters. The highest BCUT2D eigenvalue weighted by atomic mass is 16.2. The van der Waals surface area contributed by atoms with Crippen LogP contribution in [-0.2, 0) is 14.4 Å². The van der Waals surface area contributed by atoms with Crippen LogP contribution >= 0.6 is 0 Å². The highest BCUT2D eigenvalue weighted by Crippen LogP contribution is 2.34. The first-order valence-electron chi connectivity index (χ1n) is 5.86. The predicted octanol–water partition coefficient (Wildman–Crippen LogP) is 1.36. The van der Waals surface area contributed by atoms with Gasteiger partial charge in [0.05, 0.1) is 12.5 Å². The van der Waals surface area contributed by atoms with E-state index in [4.69, 9.17) is 0 Å². The second-order valence-corrected chi connectivity index (χ2v) is 4.59. The fourth-order valence-electron chi connectivity index (χ4n) is 2.45. The number of nitrogens with zero attached hydrogens (tertiary/aromatic N) is 1. The van der Waals surface area contributed by atoms with E-state index in [0.29, 0.717) is 0 Å². The highest BCUT2D eigenvalue weighted by Gasteiger charge is 2.42. The van der Waals surface area contributed by atoms with Crippen molar-refractivity contribution in [3.05, 3.63) is 35.9 Å². The summed E-state index contributed by atoms with van der Waals surface area (Å²) in [5.74, 6) is -1.44. The predicted molar refractivity (Wildman–Crippen MR) is 65.7 cm³/mol. The fourth-order valence-corrected chi connectivity index (χ4v) is 2.45. The van der Waals surface area contributed by atoms with Crippen LogP contribution in [0.5, 0.6) is 0 Å². The van der Waals surface area contributed by atoms with Crippen LogP contribution in [-0.4, -0.2) is 29.4 Å². The summed E-state index contributed by atoms with van der Waals surface area (Å²) in [7, 11) is 1.64. The maximum absolute atomic E-state index is 11.9. The summed E-state index contributed by atoms with van der Waals surface area (Å²) in [5, 5.41) is 0. The highest BCUT2D eigenvalue weighted by molar-refractivity contribution is 6.11. The number of carbonyl (C=O) groups is 3. The van der Waals surface area contributed by atoms with Crippen molar-refractivity contribution in [3.8, 4) is 0 Å². The lowest BCUT2D eigenvalue weighted by atomic mass is 9.81. The largest absolute Gasteiger partial charge is 0.337 e. The summed E-state index contributed by atoms with van der Waals surface area (Å²) in [6.45, 7) is 1.40. The average molecular weight is 245 g/mol. The minimum atomic E-state index is -0.741. The molecule has 0 radical (unpaired) electrons. The molecule has 2 rings (SSSR count). The van der Waals surface area contributed by atoms with Crippen molar-refractivity contribution in [2.45, 2.75) is 19.4 Å². The number of hydrogen-bond acceptors (Lipinski definition) is 3. The molecule has 0 bridgehead atoms. The molecule has 0 aromatic heterocycles. The zero-order chi connectivity index (χ0) is 13.3. The number of rotatable bonds is 2. The Balaban J connectivity index is 2.46. The Kier molecular flexibility index (Phi) is 3.28. The molecule has 18 heavy (non-hydrogen) atoms.